The summed E-state index contributed by atoms with van der Waals surface area (Å²) >= 11 is 5.30. The fraction of sp³-hybridized carbons (Fsp3) is 0. The second-order valence-corrected chi connectivity index (χ2v) is 2.58. The lowest BCUT2D eigenvalue weighted by Gasteiger charge is -1.90. The van der Waals surface area contributed by atoms with Crippen molar-refractivity contribution in [1.82, 2.24) is 14.6 Å². The molecule has 0 aromatic carbocycles. The fourth-order valence-corrected chi connectivity index (χ4v) is 1.13. The molecule has 0 atom stereocenters. The molecule has 0 aliphatic heterocycles. The van der Waals surface area contributed by atoms with Gasteiger partial charge in [-0.1, -0.05) is 0 Å². The van der Waals surface area contributed by atoms with E-state index in [-0.39, 0.29) is 0 Å². The number of fused-ring (bicyclic) bond motifs is 1. The highest BCUT2D eigenvalue weighted by Gasteiger charge is 2.08. The molecule has 0 aliphatic carbocycles. The highest BCUT2D eigenvalue weighted by Crippen LogP contribution is 2.10. The average molecular weight is 182 g/mol. The Kier molecular flexibility index (Phi) is 1.55. The highest BCUT2D eigenvalue weighted by atomic mass is 35.5. The molecule has 60 valence electrons. The van der Waals surface area contributed by atoms with E-state index in [0.29, 0.717) is 11.1 Å². The first-order chi connectivity index (χ1) is 5.79. The van der Waals surface area contributed by atoms with Crippen molar-refractivity contribution < 1.29 is 4.79 Å². The largest absolute Gasteiger partial charge is 0.275 e. The van der Waals surface area contributed by atoms with E-state index in [4.69, 9.17) is 11.6 Å². The van der Waals surface area contributed by atoms with E-state index in [1.54, 1.807) is 23.1 Å². The number of carbonyl (C=O) groups is 1. The Morgan fingerprint density at radius 3 is 3.08 bits per heavy atom. The summed E-state index contributed by atoms with van der Waals surface area (Å²) in [6.45, 7) is 0. The van der Waals surface area contributed by atoms with Gasteiger partial charge in [-0.25, -0.2) is 4.52 Å². The Bertz CT molecular complexity index is 437. The van der Waals surface area contributed by atoms with E-state index < -0.39 is 5.24 Å². The number of rotatable bonds is 1. The molecule has 0 fully saturated rings. The maximum atomic E-state index is 10.8. The molecule has 2 heterocycles. The van der Waals surface area contributed by atoms with E-state index in [9.17, 15) is 4.79 Å². The first-order valence-electron chi connectivity index (χ1n) is 3.26. The van der Waals surface area contributed by atoms with E-state index in [2.05, 4.69) is 10.1 Å². The Morgan fingerprint density at radius 1 is 1.50 bits per heavy atom. The van der Waals surface area contributed by atoms with Gasteiger partial charge in [-0.2, -0.15) is 5.10 Å². The number of hydrogen-bond acceptors (Lipinski definition) is 3. The zero-order chi connectivity index (χ0) is 8.55. The molecule has 2 aromatic heterocycles. The van der Waals surface area contributed by atoms with Crippen molar-refractivity contribution in [3.63, 3.8) is 0 Å². The predicted octanol–water partition coefficient (Wildman–Crippen LogP) is 1.11. The van der Waals surface area contributed by atoms with Crippen LogP contribution < -0.4 is 0 Å². The highest BCUT2D eigenvalue weighted by molar-refractivity contribution is 6.68. The second-order valence-electron chi connectivity index (χ2n) is 2.24. The summed E-state index contributed by atoms with van der Waals surface area (Å²) in [6.07, 6.45) is 6.20. The molecule has 0 amide bonds. The van der Waals surface area contributed by atoms with Gasteiger partial charge in [-0.3, -0.25) is 9.78 Å². The van der Waals surface area contributed by atoms with Crippen LogP contribution in [0.4, 0.5) is 0 Å². The summed E-state index contributed by atoms with van der Waals surface area (Å²) in [5.41, 5.74) is 1.00. The lowest BCUT2D eigenvalue weighted by molar-refractivity contribution is 0.108. The third kappa shape index (κ3) is 0.967. The fourth-order valence-electron chi connectivity index (χ4n) is 0.986. The summed E-state index contributed by atoms with van der Waals surface area (Å²) < 4.78 is 1.54. The van der Waals surface area contributed by atoms with Crippen molar-refractivity contribution in [3.8, 4) is 0 Å². The van der Waals surface area contributed by atoms with E-state index in [1.165, 1.54) is 6.20 Å². The molecule has 0 saturated carbocycles. The molecule has 0 aliphatic rings. The third-order valence-electron chi connectivity index (χ3n) is 1.54. The minimum Gasteiger partial charge on any atom is -0.275 e. The van der Waals surface area contributed by atoms with Crippen LogP contribution in [0.25, 0.3) is 5.52 Å². The molecule has 12 heavy (non-hydrogen) atoms. The van der Waals surface area contributed by atoms with Crippen LogP contribution in [-0.4, -0.2) is 19.8 Å². The standard InChI is InChI=1S/C7H4ClN3O/c8-7(12)5-3-10-11-2-1-9-4-6(5)11/h1-4H. The summed E-state index contributed by atoms with van der Waals surface area (Å²) in [5, 5.41) is 3.40. The number of hydrogen-bond donors (Lipinski definition) is 0. The van der Waals surface area contributed by atoms with Crippen molar-refractivity contribution >= 4 is 22.4 Å². The Morgan fingerprint density at radius 2 is 2.33 bits per heavy atom. The number of carbonyl (C=O) groups excluding carboxylic acids is 1. The van der Waals surface area contributed by atoms with Gasteiger partial charge in [0.2, 0.25) is 0 Å². The third-order valence-corrected chi connectivity index (χ3v) is 1.74. The predicted molar refractivity (Wildman–Crippen MR) is 43.2 cm³/mol. The van der Waals surface area contributed by atoms with Crippen molar-refractivity contribution in [2.24, 2.45) is 0 Å². The van der Waals surface area contributed by atoms with Gasteiger partial charge in [-0.05, 0) is 11.6 Å². The number of halogens is 1. The Hall–Kier alpha value is -1.42. The normalized spacial score (nSPS) is 10.4. The summed E-state index contributed by atoms with van der Waals surface area (Å²) in [4.78, 5) is 14.7. The summed E-state index contributed by atoms with van der Waals surface area (Å²) in [6, 6.07) is 0. The van der Waals surface area contributed by atoms with Gasteiger partial charge in [-0.15, -0.1) is 0 Å². The van der Waals surface area contributed by atoms with Crippen molar-refractivity contribution in [2.75, 3.05) is 0 Å². The molecule has 4 nitrogen and oxygen atoms in total. The Balaban J connectivity index is 2.79. The quantitative estimate of drug-likeness (QED) is 0.620. The molecule has 2 aromatic rings. The maximum absolute atomic E-state index is 10.8. The molecule has 0 N–H and O–H groups in total. The van der Waals surface area contributed by atoms with E-state index in [0.717, 1.165) is 0 Å². The first kappa shape index (κ1) is 7.24. The van der Waals surface area contributed by atoms with Gasteiger partial charge in [0.25, 0.3) is 5.24 Å². The maximum Gasteiger partial charge on any atom is 0.256 e. The minimum absolute atomic E-state index is 0.379. The summed E-state index contributed by atoms with van der Waals surface area (Å²) in [5.74, 6) is 0. The molecular weight excluding hydrogens is 178 g/mol. The zero-order valence-corrected chi connectivity index (χ0v) is 6.69. The van der Waals surface area contributed by atoms with Crippen LogP contribution >= 0.6 is 11.6 Å². The smallest absolute Gasteiger partial charge is 0.256 e. The minimum atomic E-state index is -0.516. The van der Waals surface area contributed by atoms with E-state index >= 15 is 0 Å². The van der Waals surface area contributed by atoms with Crippen LogP contribution in [-0.2, 0) is 0 Å². The molecule has 0 radical (unpaired) electrons. The topological polar surface area (TPSA) is 47.3 Å². The molecule has 0 spiro atoms. The van der Waals surface area contributed by atoms with Gasteiger partial charge in [0, 0.05) is 12.4 Å². The van der Waals surface area contributed by atoms with Crippen LogP contribution in [0.3, 0.4) is 0 Å². The SMILES string of the molecule is O=C(Cl)c1cnn2ccncc12. The second kappa shape index (κ2) is 2.57. The zero-order valence-electron chi connectivity index (χ0n) is 5.94. The number of aromatic nitrogens is 3. The monoisotopic (exact) mass is 181 g/mol. The molecule has 0 bridgehead atoms. The van der Waals surface area contributed by atoms with Crippen LogP contribution in [0.1, 0.15) is 10.4 Å². The molecule has 5 heteroatoms. The Labute approximate surface area is 72.8 Å². The lowest BCUT2D eigenvalue weighted by Crippen LogP contribution is -1.89. The van der Waals surface area contributed by atoms with Crippen molar-refractivity contribution in [2.45, 2.75) is 0 Å². The van der Waals surface area contributed by atoms with Gasteiger partial charge in [0.1, 0.15) is 0 Å². The first-order valence-corrected chi connectivity index (χ1v) is 3.64. The lowest BCUT2D eigenvalue weighted by atomic mass is 10.3. The molecule has 0 unspecified atom stereocenters. The van der Waals surface area contributed by atoms with E-state index in [1.807, 2.05) is 0 Å². The number of nitrogens with zero attached hydrogens (tertiary/aromatic N) is 3. The summed E-state index contributed by atoms with van der Waals surface area (Å²) in [7, 11) is 0. The van der Waals surface area contributed by atoms with Crippen LogP contribution in [0, 0.1) is 0 Å². The molecule has 2 rings (SSSR count). The van der Waals surface area contributed by atoms with Gasteiger partial charge in [0.15, 0.2) is 0 Å². The van der Waals surface area contributed by atoms with Crippen molar-refractivity contribution in [1.29, 1.82) is 0 Å². The van der Waals surface area contributed by atoms with Crippen LogP contribution in [0.5, 0.6) is 0 Å². The molecular formula is C7H4ClN3O. The van der Waals surface area contributed by atoms with Crippen molar-refractivity contribution in [3.05, 3.63) is 30.4 Å². The van der Waals surface area contributed by atoms with Gasteiger partial charge < -0.3 is 0 Å². The molecule has 0 saturated heterocycles. The van der Waals surface area contributed by atoms with Crippen LogP contribution in [0.15, 0.2) is 24.8 Å². The van der Waals surface area contributed by atoms with Crippen LogP contribution in [0.2, 0.25) is 0 Å². The van der Waals surface area contributed by atoms with Gasteiger partial charge in [0.05, 0.1) is 23.5 Å². The van der Waals surface area contributed by atoms with Gasteiger partial charge >= 0.3 is 0 Å². The average Bonchev–Trinajstić information content (AvgIpc) is 2.47.